The molecule has 2 aromatic heterocycles. The molecule has 0 saturated heterocycles. The van der Waals surface area contributed by atoms with Crippen molar-refractivity contribution in [3.8, 4) is 0 Å². The SMILES string of the molecule is CNC(c1nc2c(s1)CCC2)c1cccc2cccnc12. The zero-order chi connectivity index (χ0) is 14.2. The van der Waals surface area contributed by atoms with E-state index in [1.807, 2.05) is 30.6 Å². The van der Waals surface area contributed by atoms with Crippen molar-refractivity contribution >= 4 is 22.2 Å². The summed E-state index contributed by atoms with van der Waals surface area (Å²) in [5, 5.41) is 5.77. The Bertz CT molecular complexity index is 767. The number of fused-ring (bicyclic) bond motifs is 2. The second kappa shape index (κ2) is 5.20. The number of nitrogens with zero attached hydrogens (tertiary/aromatic N) is 2. The van der Waals surface area contributed by atoms with Crippen LogP contribution >= 0.6 is 11.3 Å². The molecule has 0 bridgehead atoms. The van der Waals surface area contributed by atoms with Gasteiger partial charge in [-0.25, -0.2) is 4.98 Å². The third kappa shape index (κ3) is 2.15. The van der Waals surface area contributed by atoms with Crippen molar-refractivity contribution < 1.29 is 0 Å². The summed E-state index contributed by atoms with van der Waals surface area (Å²) in [4.78, 5) is 10.9. The Morgan fingerprint density at radius 1 is 1.19 bits per heavy atom. The first-order valence-corrected chi connectivity index (χ1v) is 8.18. The maximum atomic E-state index is 4.87. The molecular weight excluding hydrogens is 278 g/mol. The molecular formula is C17H17N3S. The minimum Gasteiger partial charge on any atom is -0.307 e. The van der Waals surface area contributed by atoms with Crippen molar-refractivity contribution in [1.82, 2.24) is 15.3 Å². The molecule has 0 fully saturated rings. The predicted octanol–water partition coefficient (Wildman–Crippen LogP) is 3.49. The van der Waals surface area contributed by atoms with Crippen LogP contribution < -0.4 is 5.32 Å². The molecule has 0 aliphatic heterocycles. The lowest BCUT2D eigenvalue weighted by atomic mass is 10.0. The summed E-state index contributed by atoms with van der Waals surface area (Å²) >= 11 is 1.86. The van der Waals surface area contributed by atoms with Gasteiger partial charge in [0.25, 0.3) is 0 Å². The first kappa shape index (κ1) is 12.9. The Kier molecular flexibility index (Phi) is 3.20. The minimum absolute atomic E-state index is 0.124. The van der Waals surface area contributed by atoms with Gasteiger partial charge in [0, 0.05) is 22.0 Å². The van der Waals surface area contributed by atoms with Crippen LogP contribution in [0.5, 0.6) is 0 Å². The van der Waals surface area contributed by atoms with E-state index in [4.69, 9.17) is 4.98 Å². The van der Waals surface area contributed by atoms with Gasteiger partial charge in [-0.1, -0.05) is 24.3 Å². The second-order valence-electron chi connectivity index (χ2n) is 5.42. The predicted molar refractivity (Wildman–Crippen MR) is 86.8 cm³/mol. The van der Waals surface area contributed by atoms with Gasteiger partial charge < -0.3 is 5.32 Å². The van der Waals surface area contributed by atoms with Gasteiger partial charge in [-0.15, -0.1) is 11.3 Å². The maximum Gasteiger partial charge on any atom is 0.115 e. The zero-order valence-corrected chi connectivity index (χ0v) is 12.8. The van der Waals surface area contributed by atoms with E-state index in [1.54, 1.807) is 0 Å². The molecule has 3 nitrogen and oxygen atoms in total. The smallest absolute Gasteiger partial charge is 0.115 e. The van der Waals surface area contributed by atoms with Gasteiger partial charge in [-0.3, -0.25) is 4.98 Å². The fraction of sp³-hybridized carbons (Fsp3) is 0.294. The molecule has 4 rings (SSSR count). The average Bonchev–Trinajstić information content (AvgIpc) is 3.10. The van der Waals surface area contributed by atoms with Crippen molar-refractivity contribution in [2.75, 3.05) is 7.05 Å². The number of benzene rings is 1. The fourth-order valence-electron chi connectivity index (χ4n) is 3.11. The summed E-state index contributed by atoms with van der Waals surface area (Å²) in [6, 6.07) is 10.6. The number of para-hydroxylation sites is 1. The van der Waals surface area contributed by atoms with Gasteiger partial charge in [-0.05, 0) is 32.4 Å². The van der Waals surface area contributed by atoms with Crippen LogP contribution in [0, 0.1) is 0 Å². The monoisotopic (exact) mass is 295 g/mol. The Morgan fingerprint density at radius 2 is 2.10 bits per heavy atom. The van der Waals surface area contributed by atoms with Crippen molar-refractivity contribution in [3.05, 3.63) is 57.7 Å². The quantitative estimate of drug-likeness (QED) is 0.804. The topological polar surface area (TPSA) is 37.8 Å². The minimum atomic E-state index is 0.124. The first-order valence-electron chi connectivity index (χ1n) is 7.36. The molecule has 1 aromatic carbocycles. The Balaban J connectivity index is 1.84. The normalized spacial score (nSPS) is 15.3. The molecule has 1 atom stereocenters. The van der Waals surface area contributed by atoms with Crippen molar-refractivity contribution in [2.24, 2.45) is 0 Å². The van der Waals surface area contributed by atoms with Crippen molar-refractivity contribution in [1.29, 1.82) is 0 Å². The van der Waals surface area contributed by atoms with Crippen LogP contribution in [-0.4, -0.2) is 17.0 Å². The first-order chi connectivity index (χ1) is 10.4. The highest BCUT2D eigenvalue weighted by atomic mass is 32.1. The van der Waals surface area contributed by atoms with Gasteiger partial charge in [-0.2, -0.15) is 0 Å². The third-order valence-corrected chi connectivity index (χ3v) is 5.35. The Morgan fingerprint density at radius 3 is 2.95 bits per heavy atom. The summed E-state index contributed by atoms with van der Waals surface area (Å²) in [6.07, 6.45) is 5.45. The molecule has 3 aromatic rings. The lowest BCUT2D eigenvalue weighted by Gasteiger charge is -2.16. The number of pyridine rings is 1. The number of aryl methyl sites for hydroxylation is 2. The van der Waals surface area contributed by atoms with Crippen LogP contribution in [0.3, 0.4) is 0 Å². The third-order valence-electron chi connectivity index (χ3n) is 4.12. The second-order valence-corrected chi connectivity index (χ2v) is 6.53. The molecule has 106 valence electrons. The molecule has 0 radical (unpaired) electrons. The number of hydrogen-bond donors (Lipinski definition) is 1. The highest BCUT2D eigenvalue weighted by molar-refractivity contribution is 7.11. The van der Waals surface area contributed by atoms with E-state index >= 15 is 0 Å². The molecule has 21 heavy (non-hydrogen) atoms. The van der Waals surface area contributed by atoms with E-state index in [0.29, 0.717) is 0 Å². The van der Waals surface area contributed by atoms with E-state index in [0.717, 1.165) is 11.9 Å². The Hall–Kier alpha value is -1.78. The number of hydrogen-bond acceptors (Lipinski definition) is 4. The molecule has 1 aliphatic carbocycles. The highest BCUT2D eigenvalue weighted by Crippen LogP contribution is 2.34. The van der Waals surface area contributed by atoms with Gasteiger partial charge in [0.05, 0.1) is 17.3 Å². The van der Waals surface area contributed by atoms with Crippen molar-refractivity contribution in [3.63, 3.8) is 0 Å². The molecule has 0 spiro atoms. The van der Waals surface area contributed by atoms with Gasteiger partial charge in [0.15, 0.2) is 0 Å². The molecule has 0 amide bonds. The van der Waals surface area contributed by atoms with E-state index in [-0.39, 0.29) is 6.04 Å². The molecule has 4 heteroatoms. The summed E-state index contributed by atoms with van der Waals surface area (Å²) in [5.74, 6) is 0. The lowest BCUT2D eigenvalue weighted by molar-refractivity contribution is 0.686. The number of rotatable bonds is 3. The number of nitrogens with one attached hydrogen (secondary N) is 1. The van der Waals surface area contributed by atoms with Crippen LogP contribution in [0.4, 0.5) is 0 Å². The number of thiazole rings is 1. The summed E-state index contributed by atoms with van der Waals surface area (Å²) in [5.41, 5.74) is 3.58. The van der Waals surface area contributed by atoms with Crippen LogP contribution in [0.25, 0.3) is 10.9 Å². The van der Waals surface area contributed by atoms with E-state index in [1.165, 1.54) is 39.4 Å². The standard InChI is InChI=1S/C17H17N3S/c1-18-16(17-20-13-8-3-9-14(13)21-17)12-7-2-5-11-6-4-10-19-15(11)12/h2,4-7,10,16,18H,3,8-9H2,1H3. The molecule has 1 unspecified atom stereocenters. The molecule has 1 aliphatic rings. The Labute approximate surface area is 128 Å². The zero-order valence-electron chi connectivity index (χ0n) is 12.0. The van der Waals surface area contributed by atoms with Crippen LogP contribution in [0.2, 0.25) is 0 Å². The fourth-order valence-corrected chi connectivity index (χ4v) is 4.39. The summed E-state index contributed by atoms with van der Waals surface area (Å²) in [6.45, 7) is 0. The van der Waals surface area contributed by atoms with Gasteiger partial charge >= 0.3 is 0 Å². The van der Waals surface area contributed by atoms with E-state index in [9.17, 15) is 0 Å². The van der Waals surface area contributed by atoms with E-state index < -0.39 is 0 Å². The summed E-state index contributed by atoms with van der Waals surface area (Å²) in [7, 11) is 2.00. The average molecular weight is 295 g/mol. The maximum absolute atomic E-state index is 4.87. The van der Waals surface area contributed by atoms with Gasteiger partial charge in [0.1, 0.15) is 5.01 Å². The highest BCUT2D eigenvalue weighted by Gasteiger charge is 2.23. The van der Waals surface area contributed by atoms with E-state index in [2.05, 4.69) is 34.6 Å². The van der Waals surface area contributed by atoms with Crippen LogP contribution in [0.1, 0.15) is 33.6 Å². The number of aromatic nitrogens is 2. The largest absolute Gasteiger partial charge is 0.307 e. The van der Waals surface area contributed by atoms with Crippen molar-refractivity contribution in [2.45, 2.75) is 25.3 Å². The van der Waals surface area contributed by atoms with Crippen LogP contribution in [0.15, 0.2) is 36.5 Å². The van der Waals surface area contributed by atoms with Gasteiger partial charge in [0.2, 0.25) is 0 Å². The lowest BCUT2D eigenvalue weighted by Crippen LogP contribution is -2.18. The summed E-state index contributed by atoms with van der Waals surface area (Å²) < 4.78 is 0. The van der Waals surface area contributed by atoms with Crippen LogP contribution in [-0.2, 0) is 12.8 Å². The molecule has 0 saturated carbocycles. The molecule has 2 heterocycles. The molecule has 1 N–H and O–H groups in total.